The van der Waals surface area contributed by atoms with Crippen LogP contribution >= 0.6 is 0 Å². The third kappa shape index (κ3) is 10.9. The Bertz CT molecular complexity index is 295. The lowest BCUT2D eigenvalue weighted by Gasteiger charge is -2.43. The molecule has 27 heavy (non-hydrogen) atoms. The normalized spacial score (nSPS) is 27.1. The highest BCUT2D eigenvalue weighted by atomic mass is 14.9. The average Bonchev–Trinajstić information content (AvgIpc) is 3.25. The molecule has 2 aliphatic carbocycles. The molecule has 1 N–H and O–H groups in total. The second-order valence-corrected chi connectivity index (χ2v) is 8.67. The van der Waals surface area contributed by atoms with E-state index in [1.165, 1.54) is 70.9 Å². The van der Waals surface area contributed by atoms with Crippen LogP contribution in [-0.4, -0.2) is 13.1 Å². The lowest BCUT2D eigenvalue weighted by Crippen LogP contribution is -2.40. The van der Waals surface area contributed by atoms with Gasteiger partial charge in [-0.2, -0.15) is 0 Å². The topological polar surface area (TPSA) is 12.0 Å². The van der Waals surface area contributed by atoms with Crippen molar-refractivity contribution in [3.05, 3.63) is 0 Å². The molecule has 0 saturated heterocycles. The second-order valence-electron chi connectivity index (χ2n) is 8.67. The van der Waals surface area contributed by atoms with Crippen LogP contribution < -0.4 is 5.32 Å². The SMILES string of the molecule is CC.CC.CC.CCCNCC(C)(CC1CCC(C)CC1C)C1CCCC1. The third-order valence-electron chi connectivity index (χ3n) is 6.63. The van der Waals surface area contributed by atoms with Gasteiger partial charge >= 0.3 is 0 Å². The summed E-state index contributed by atoms with van der Waals surface area (Å²) >= 11 is 0. The molecule has 0 amide bonds. The summed E-state index contributed by atoms with van der Waals surface area (Å²) in [5.74, 6) is 3.87. The maximum absolute atomic E-state index is 3.77. The molecule has 0 bridgehead atoms. The van der Waals surface area contributed by atoms with Gasteiger partial charge in [0.2, 0.25) is 0 Å². The summed E-state index contributed by atoms with van der Waals surface area (Å²) in [6.07, 6.45) is 13.1. The van der Waals surface area contributed by atoms with E-state index < -0.39 is 0 Å². The maximum Gasteiger partial charge on any atom is 0.000792 e. The van der Waals surface area contributed by atoms with Gasteiger partial charge in [0.25, 0.3) is 0 Å². The van der Waals surface area contributed by atoms with E-state index in [-0.39, 0.29) is 0 Å². The minimum atomic E-state index is 0.547. The molecule has 0 aromatic rings. The zero-order chi connectivity index (χ0) is 21.3. The fourth-order valence-corrected chi connectivity index (χ4v) is 5.19. The third-order valence-corrected chi connectivity index (χ3v) is 6.63. The molecule has 2 saturated carbocycles. The van der Waals surface area contributed by atoms with E-state index in [4.69, 9.17) is 0 Å². The summed E-state index contributed by atoms with van der Waals surface area (Å²) < 4.78 is 0. The zero-order valence-corrected chi connectivity index (χ0v) is 21.1. The predicted molar refractivity (Wildman–Crippen MR) is 128 cm³/mol. The van der Waals surface area contributed by atoms with Crippen LogP contribution in [0.15, 0.2) is 0 Å². The standard InChI is InChI=1S/C20H39N.3C2H6/c1-5-12-21-15-20(4,19-8-6-7-9-19)14-18-11-10-16(2)13-17(18)3;3*1-2/h16-19,21H,5-15H2,1-4H3;3*1-2H3. The van der Waals surface area contributed by atoms with Gasteiger partial charge in [-0.25, -0.2) is 0 Å². The first-order valence-electron chi connectivity index (χ1n) is 12.8. The predicted octanol–water partition coefficient (Wildman–Crippen LogP) is 8.72. The fraction of sp³-hybridized carbons (Fsp3) is 1.00. The Balaban J connectivity index is 0. The van der Waals surface area contributed by atoms with Crippen LogP contribution in [0.1, 0.15) is 127 Å². The van der Waals surface area contributed by atoms with Gasteiger partial charge < -0.3 is 5.32 Å². The van der Waals surface area contributed by atoms with Gasteiger partial charge in [0.05, 0.1) is 0 Å². The molecule has 0 aromatic heterocycles. The van der Waals surface area contributed by atoms with Crippen LogP contribution in [-0.2, 0) is 0 Å². The Labute approximate surface area is 174 Å². The molecule has 4 atom stereocenters. The highest BCUT2D eigenvalue weighted by Gasteiger charge is 2.39. The highest BCUT2D eigenvalue weighted by molar-refractivity contribution is 4.91. The molecule has 0 aliphatic heterocycles. The minimum absolute atomic E-state index is 0.547. The van der Waals surface area contributed by atoms with E-state index in [9.17, 15) is 0 Å². The van der Waals surface area contributed by atoms with Gasteiger partial charge in [0.15, 0.2) is 0 Å². The van der Waals surface area contributed by atoms with Crippen molar-refractivity contribution in [2.75, 3.05) is 13.1 Å². The summed E-state index contributed by atoms with van der Waals surface area (Å²) in [7, 11) is 0. The first-order valence-corrected chi connectivity index (χ1v) is 12.8. The van der Waals surface area contributed by atoms with Gasteiger partial charge in [-0.05, 0) is 74.2 Å². The van der Waals surface area contributed by atoms with Crippen LogP contribution in [0.3, 0.4) is 0 Å². The molecule has 0 aromatic carbocycles. The van der Waals surface area contributed by atoms with Crippen molar-refractivity contribution >= 4 is 0 Å². The number of rotatable bonds is 7. The van der Waals surface area contributed by atoms with E-state index in [0.29, 0.717) is 5.41 Å². The zero-order valence-electron chi connectivity index (χ0n) is 21.1. The molecular formula is C26H57N. The molecule has 2 aliphatic rings. The lowest BCUT2D eigenvalue weighted by molar-refractivity contribution is 0.0860. The smallest absolute Gasteiger partial charge is 0.000792 e. The van der Waals surface area contributed by atoms with Gasteiger partial charge in [0.1, 0.15) is 0 Å². The molecule has 2 rings (SSSR count). The van der Waals surface area contributed by atoms with Gasteiger partial charge in [0, 0.05) is 6.54 Å². The van der Waals surface area contributed by atoms with E-state index >= 15 is 0 Å². The molecule has 0 heterocycles. The molecule has 1 nitrogen and oxygen atoms in total. The quantitative estimate of drug-likeness (QED) is 0.433. The molecule has 166 valence electrons. The van der Waals surface area contributed by atoms with Gasteiger partial charge in [-0.1, -0.05) is 88.5 Å². The molecule has 2 fully saturated rings. The van der Waals surface area contributed by atoms with E-state index in [1.54, 1.807) is 0 Å². The highest BCUT2D eigenvalue weighted by Crippen LogP contribution is 2.47. The van der Waals surface area contributed by atoms with E-state index in [2.05, 4.69) is 33.0 Å². The Morgan fingerprint density at radius 2 is 1.41 bits per heavy atom. The summed E-state index contributed by atoms with van der Waals surface area (Å²) in [4.78, 5) is 0. The number of nitrogens with one attached hydrogen (secondary N) is 1. The summed E-state index contributed by atoms with van der Waals surface area (Å²) in [5.41, 5.74) is 0.547. The number of hydrogen-bond acceptors (Lipinski definition) is 1. The Morgan fingerprint density at radius 1 is 0.852 bits per heavy atom. The Hall–Kier alpha value is -0.0400. The molecule has 1 heteroatoms. The van der Waals surface area contributed by atoms with Gasteiger partial charge in [-0.15, -0.1) is 0 Å². The first kappa shape index (κ1) is 29.2. The van der Waals surface area contributed by atoms with Gasteiger partial charge in [-0.3, -0.25) is 0 Å². The summed E-state index contributed by atoms with van der Waals surface area (Å²) in [6, 6.07) is 0. The van der Waals surface area contributed by atoms with Crippen LogP contribution in [0.4, 0.5) is 0 Å². The minimum Gasteiger partial charge on any atom is -0.316 e. The molecule has 4 unspecified atom stereocenters. The largest absolute Gasteiger partial charge is 0.316 e. The fourth-order valence-electron chi connectivity index (χ4n) is 5.19. The van der Waals surface area contributed by atoms with Crippen molar-refractivity contribution < 1.29 is 0 Å². The van der Waals surface area contributed by atoms with Crippen molar-refractivity contribution in [3.63, 3.8) is 0 Å². The second kappa shape index (κ2) is 18.0. The monoisotopic (exact) mass is 383 g/mol. The van der Waals surface area contributed by atoms with Crippen molar-refractivity contribution in [1.29, 1.82) is 0 Å². The number of hydrogen-bond donors (Lipinski definition) is 1. The summed E-state index contributed by atoms with van der Waals surface area (Å²) in [5, 5.41) is 3.77. The van der Waals surface area contributed by atoms with Crippen molar-refractivity contribution in [1.82, 2.24) is 5.32 Å². The Morgan fingerprint density at radius 3 is 1.89 bits per heavy atom. The first-order chi connectivity index (χ1) is 13.0. The van der Waals surface area contributed by atoms with E-state index in [0.717, 1.165) is 23.7 Å². The molecular weight excluding hydrogens is 326 g/mol. The lowest BCUT2D eigenvalue weighted by atomic mass is 9.64. The Kier molecular flexibility index (Phi) is 19.5. The van der Waals surface area contributed by atoms with E-state index in [1.807, 2.05) is 41.5 Å². The van der Waals surface area contributed by atoms with Crippen molar-refractivity contribution in [2.45, 2.75) is 127 Å². The van der Waals surface area contributed by atoms with Crippen LogP contribution in [0.25, 0.3) is 0 Å². The van der Waals surface area contributed by atoms with Crippen molar-refractivity contribution in [2.24, 2.45) is 29.1 Å². The summed E-state index contributed by atoms with van der Waals surface area (Å²) in [6.45, 7) is 24.3. The van der Waals surface area contributed by atoms with Crippen LogP contribution in [0.2, 0.25) is 0 Å². The maximum atomic E-state index is 3.77. The van der Waals surface area contributed by atoms with Crippen LogP contribution in [0, 0.1) is 29.1 Å². The van der Waals surface area contributed by atoms with Crippen LogP contribution in [0.5, 0.6) is 0 Å². The molecule has 0 radical (unpaired) electrons. The van der Waals surface area contributed by atoms with Crippen molar-refractivity contribution in [3.8, 4) is 0 Å². The average molecular weight is 384 g/mol. The molecule has 0 spiro atoms.